The Balaban J connectivity index is 2.08. The maximum atomic E-state index is 5.50. The minimum Gasteiger partial charge on any atom is -0.452 e. The van der Waals surface area contributed by atoms with Crippen molar-refractivity contribution in [1.82, 2.24) is 0 Å². The topological polar surface area (TPSA) is 13.1 Å². The molecule has 4 aromatic rings. The molecule has 0 amide bonds. The van der Waals surface area contributed by atoms with Crippen LogP contribution >= 0.6 is 11.3 Å². The second-order valence-corrected chi connectivity index (χ2v) is 5.13. The van der Waals surface area contributed by atoms with Gasteiger partial charge in [0.2, 0.25) is 0 Å². The van der Waals surface area contributed by atoms with E-state index in [2.05, 4.69) is 42.0 Å². The van der Waals surface area contributed by atoms with E-state index in [9.17, 15) is 0 Å². The first-order valence-electron chi connectivity index (χ1n) is 5.79. The van der Waals surface area contributed by atoms with Gasteiger partial charge in [-0.1, -0.05) is 36.4 Å². The van der Waals surface area contributed by atoms with Gasteiger partial charge in [-0.3, -0.25) is 0 Å². The number of hydrogen-bond acceptors (Lipinski definition) is 2. The molecular formula is C16H9OS. The zero-order valence-corrected chi connectivity index (χ0v) is 10.3. The third-order valence-corrected chi connectivity index (χ3v) is 4.13. The average Bonchev–Trinajstić information content (AvgIpc) is 3.01. The van der Waals surface area contributed by atoms with Crippen LogP contribution in [0.25, 0.3) is 32.2 Å². The lowest BCUT2D eigenvalue weighted by atomic mass is 10.0. The fourth-order valence-electron chi connectivity index (χ4n) is 2.29. The Kier molecular flexibility index (Phi) is 2.05. The van der Waals surface area contributed by atoms with Crippen molar-refractivity contribution in [2.24, 2.45) is 0 Å². The number of furan rings is 1. The third kappa shape index (κ3) is 1.33. The maximum Gasteiger partial charge on any atom is 0.179 e. The first-order chi connectivity index (χ1) is 8.93. The van der Waals surface area contributed by atoms with E-state index in [1.54, 1.807) is 11.3 Å². The molecule has 0 aliphatic rings. The summed E-state index contributed by atoms with van der Waals surface area (Å²) in [6.45, 7) is 0. The molecule has 18 heavy (non-hydrogen) atoms. The Morgan fingerprint density at radius 1 is 0.889 bits per heavy atom. The summed E-state index contributed by atoms with van der Waals surface area (Å²) in [6.07, 6.45) is 3.04. The Morgan fingerprint density at radius 3 is 2.61 bits per heavy atom. The standard InChI is InChI=1S/C16H9OS/c1-3-7-15-11(5-1)13(9-17-15)14-10-18-16-8-4-2-6-12(14)16/h1-8,10H. The highest BCUT2D eigenvalue weighted by Crippen LogP contribution is 2.37. The van der Waals surface area contributed by atoms with E-state index in [1.165, 1.54) is 15.6 Å². The van der Waals surface area contributed by atoms with Crippen molar-refractivity contribution in [3.05, 3.63) is 60.2 Å². The lowest BCUT2D eigenvalue weighted by Crippen LogP contribution is -1.72. The first-order valence-corrected chi connectivity index (χ1v) is 6.67. The van der Waals surface area contributed by atoms with Gasteiger partial charge in [0.1, 0.15) is 5.58 Å². The fourth-order valence-corrected chi connectivity index (χ4v) is 3.25. The van der Waals surface area contributed by atoms with Gasteiger partial charge in [-0.15, -0.1) is 11.3 Å². The van der Waals surface area contributed by atoms with Gasteiger partial charge >= 0.3 is 0 Å². The van der Waals surface area contributed by atoms with E-state index in [1.807, 2.05) is 18.2 Å². The minimum atomic E-state index is 0.891. The normalized spacial score (nSPS) is 11.3. The highest BCUT2D eigenvalue weighted by atomic mass is 32.1. The summed E-state index contributed by atoms with van der Waals surface area (Å²) in [5.74, 6) is 0. The maximum absolute atomic E-state index is 5.50. The first kappa shape index (κ1) is 9.92. The fraction of sp³-hybridized carbons (Fsp3) is 0. The number of fused-ring (bicyclic) bond motifs is 2. The molecule has 2 heteroatoms. The van der Waals surface area contributed by atoms with Gasteiger partial charge in [0.25, 0.3) is 0 Å². The lowest BCUT2D eigenvalue weighted by molar-refractivity contribution is 0.607. The van der Waals surface area contributed by atoms with E-state index in [-0.39, 0.29) is 0 Å². The number of benzene rings is 2. The molecule has 0 atom stereocenters. The van der Waals surface area contributed by atoms with Crippen LogP contribution in [0.15, 0.2) is 58.3 Å². The summed E-state index contributed by atoms with van der Waals surface area (Å²) in [7, 11) is 0. The predicted molar refractivity (Wildman–Crippen MR) is 75.9 cm³/mol. The van der Waals surface area contributed by atoms with Gasteiger partial charge < -0.3 is 4.42 Å². The molecule has 2 heterocycles. The highest BCUT2D eigenvalue weighted by Gasteiger charge is 2.12. The predicted octanol–water partition coefficient (Wildman–Crippen LogP) is 5.11. The lowest BCUT2D eigenvalue weighted by Gasteiger charge is -1.95. The molecule has 0 saturated heterocycles. The molecule has 1 radical (unpaired) electrons. The molecular weight excluding hydrogens is 240 g/mol. The van der Waals surface area contributed by atoms with E-state index in [0.29, 0.717) is 0 Å². The summed E-state index contributed by atoms with van der Waals surface area (Å²) in [5.41, 5.74) is 3.16. The van der Waals surface area contributed by atoms with Gasteiger partial charge in [0, 0.05) is 26.6 Å². The number of thiophene rings is 1. The van der Waals surface area contributed by atoms with E-state index >= 15 is 0 Å². The van der Waals surface area contributed by atoms with E-state index in [0.717, 1.165) is 16.5 Å². The van der Waals surface area contributed by atoms with Crippen LogP contribution in [-0.4, -0.2) is 0 Å². The molecule has 0 fully saturated rings. The Hall–Kier alpha value is -2.06. The zero-order chi connectivity index (χ0) is 11.9. The zero-order valence-electron chi connectivity index (χ0n) is 9.51. The van der Waals surface area contributed by atoms with Crippen LogP contribution in [0.3, 0.4) is 0 Å². The quantitative estimate of drug-likeness (QED) is 0.456. The van der Waals surface area contributed by atoms with Crippen molar-refractivity contribution in [3.8, 4) is 11.1 Å². The van der Waals surface area contributed by atoms with Crippen LogP contribution in [-0.2, 0) is 0 Å². The molecule has 4 rings (SSSR count). The second kappa shape index (κ2) is 3.72. The highest BCUT2D eigenvalue weighted by molar-refractivity contribution is 7.17. The minimum absolute atomic E-state index is 0.891. The average molecular weight is 249 g/mol. The molecule has 0 aliphatic heterocycles. The molecule has 0 spiro atoms. The van der Waals surface area contributed by atoms with Crippen molar-refractivity contribution < 1.29 is 4.42 Å². The number of rotatable bonds is 1. The molecule has 0 saturated carbocycles. The SMILES string of the molecule is [c]1oc2ccccc2c1-c1csc2ccccc12. The van der Waals surface area contributed by atoms with E-state index in [4.69, 9.17) is 4.42 Å². The summed E-state index contributed by atoms with van der Waals surface area (Å²) >= 11 is 1.76. The molecule has 0 bridgehead atoms. The third-order valence-electron chi connectivity index (χ3n) is 3.17. The summed E-state index contributed by atoms with van der Waals surface area (Å²) in [5, 5.41) is 4.57. The largest absolute Gasteiger partial charge is 0.452 e. The Morgan fingerprint density at radius 2 is 1.67 bits per heavy atom. The van der Waals surface area contributed by atoms with Crippen LogP contribution < -0.4 is 0 Å². The van der Waals surface area contributed by atoms with Crippen LogP contribution in [0.1, 0.15) is 0 Å². The van der Waals surface area contributed by atoms with Crippen molar-refractivity contribution in [2.45, 2.75) is 0 Å². The van der Waals surface area contributed by atoms with Crippen LogP contribution in [0.4, 0.5) is 0 Å². The van der Waals surface area contributed by atoms with E-state index < -0.39 is 0 Å². The molecule has 0 N–H and O–H groups in total. The van der Waals surface area contributed by atoms with Gasteiger partial charge in [-0.2, -0.15) is 0 Å². The summed E-state index contributed by atoms with van der Waals surface area (Å²) < 4.78 is 6.80. The van der Waals surface area contributed by atoms with Crippen molar-refractivity contribution in [3.63, 3.8) is 0 Å². The number of hydrogen-bond donors (Lipinski definition) is 0. The Bertz CT molecular complexity index is 766. The van der Waals surface area contributed by atoms with Crippen molar-refractivity contribution in [1.29, 1.82) is 0 Å². The molecule has 85 valence electrons. The van der Waals surface area contributed by atoms with Crippen LogP contribution in [0, 0.1) is 6.26 Å². The smallest absolute Gasteiger partial charge is 0.179 e. The van der Waals surface area contributed by atoms with Gasteiger partial charge in [0.05, 0.1) is 0 Å². The number of para-hydroxylation sites is 1. The van der Waals surface area contributed by atoms with Gasteiger partial charge in [0.15, 0.2) is 6.26 Å². The summed E-state index contributed by atoms with van der Waals surface area (Å²) in [4.78, 5) is 0. The molecule has 2 aromatic heterocycles. The molecule has 1 nitrogen and oxygen atoms in total. The van der Waals surface area contributed by atoms with Crippen molar-refractivity contribution >= 4 is 32.4 Å². The van der Waals surface area contributed by atoms with Crippen LogP contribution in [0.5, 0.6) is 0 Å². The Labute approximate surface area is 108 Å². The van der Waals surface area contributed by atoms with Gasteiger partial charge in [-0.25, -0.2) is 0 Å². The van der Waals surface area contributed by atoms with Gasteiger partial charge in [-0.05, 0) is 17.5 Å². The molecule has 2 aromatic carbocycles. The second-order valence-electron chi connectivity index (χ2n) is 4.22. The molecule has 0 aliphatic carbocycles. The summed E-state index contributed by atoms with van der Waals surface area (Å²) in [6, 6.07) is 16.5. The van der Waals surface area contributed by atoms with Crippen molar-refractivity contribution in [2.75, 3.05) is 0 Å². The molecule has 0 unspecified atom stereocenters. The van der Waals surface area contributed by atoms with Crippen LogP contribution in [0.2, 0.25) is 0 Å². The monoisotopic (exact) mass is 249 g/mol.